The van der Waals surface area contributed by atoms with Crippen LogP contribution in [-0.4, -0.2) is 24.7 Å². The molecule has 5 heteroatoms. The molecule has 0 saturated carbocycles. The maximum absolute atomic E-state index is 12.2. The minimum Gasteiger partial charge on any atom is -0.497 e. The zero-order valence-corrected chi connectivity index (χ0v) is 15.6. The van der Waals surface area contributed by atoms with E-state index in [1.807, 2.05) is 48.5 Å². The van der Waals surface area contributed by atoms with Crippen LogP contribution in [0.2, 0.25) is 5.02 Å². The zero-order chi connectivity index (χ0) is 19.2. The van der Waals surface area contributed by atoms with Crippen LogP contribution < -0.4 is 10.1 Å². The number of halogens is 1. The number of aliphatic hydroxyl groups is 1. The number of amides is 1. The third-order valence-corrected chi connectivity index (χ3v) is 4.48. The van der Waals surface area contributed by atoms with Gasteiger partial charge in [-0.25, -0.2) is 0 Å². The Kier molecular flexibility index (Phi) is 6.12. The number of carbonyl (C=O) groups is 1. The van der Waals surface area contributed by atoms with Gasteiger partial charge >= 0.3 is 0 Å². The molecule has 0 aliphatic heterocycles. The summed E-state index contributed by atoms with van der Waals surface area (Å²) < 4.78 is 5.26. The fourth-order valence-corrected chi connectivity index (χ4v) is 3.02. The molecule has 3 aromatic carbocycles. The molecule has 1 amide bonds. The highest BCUT2D eigenvalue weighted by Gasteiger charge is 2.13. The van der Waals surface area contributed by atoms with Gasteiger partial charge in [-0.2, -0.15) is 0 Å². The van der Waals surface area contributed by atoms with Crippen molar-refractivity contribution in [2.45, 2.75) is 6.04 Å². The summed E-state index contributed by atoms with van der Waals surface area (Å²) in [6.07, 6.45) is 3.11. The first-order valence-electron chi connectivity index (χ1n) is 8.52. The molecule has 2 N–H and O–H groups in total. The Hall–Kier alpha value is -2.82. The van der Waals surface area contributed by atoms with Gasteiger partial charge in [0.05, 0.1) is 19.8 Å². The Morgan fingerprint density at radius 3 is 2.70 bits per heavy atom. The first-order valence-corrected chi connectivity index (χ1v) is 8.89. The smallest absolute Gasteiger partial charge is 0.244 e. The third-order valence-electron chi connectivity index (χ3n) is 4.25. The number of hydrogen-bond acceptors (Lipinski definition) is 3. The highest BCUT2D eigenvalue weighted by molar-refractivity contribution is 6.30. The normalized spacial score (nSPS) is 12.3. The molecule has 4 nitrogen and oxygen atoms in total. The summed E-state index contributed by atoms with van der Waals surface area (Å²) in [5.41, 5.74) is 1.65. The van der Waals surface area contributed by atoms with Crippen LogP contribution in [0.5, 0.6) is 5.75 Å². The number of carbonyl (C=O) groups excluding carboxylic acids is 1. The molecule has 0 radical (unpaired) electrons. The second-order valence-electron chi connectivity index (χ2n) is 6.10. The van der Waals surface area contributed by atoms with E-state index in [1.54, 1.807) is 25.3 Å². The minimum atomic E-state index is -0.503. The number of rotatable bonds is 6. The monoisotopic (exact) mass is 381 g/mol. The van der Waals surface area contributed by atoms with Crippen LogP contribution in [-0.2, 0) is 4.79 Å². The molecule has 0 unspecified atom stereocenters. The second-order valence-corrected chi connectivity index (χ2v) is 6.54. The summed E-state index contributed by atoms with van der Waals surface area (Å²) in [5.74, 6) is 0.466. The molecule has 3 aromatic rings. The van der Waals surface area contributed by atoms with E-state index in [0.29, 0.717) is 5.02 Å². The van der Waals surface area contributed by atoms with Crippen molar-refractivity contribution in [1.82, 2.24) is 5.32 Å². The molecule has 27 heavy (non-hydrogen) atoms. The van der Waals surface area contributed by atoms with Crippen LogP contribution in [0.25, 0.3) is 16.8 Å². The van der Waals surface area contributed by atoms with E-state index in [2.05, 4.69) is 5.32 Å². The quantitative estimate of drug-likeness (QED) is 0.623. The summed E-state index contributed by atoms with van der Waals surface area (Å²) in [5, 5.41) is 15.2. The Morgan fingerprint density at radius 2 is 1.96 bits per heavy atom. The third kappa shape index (κ3) is 4.88. The lowest BCUT2D eigenvalue weighted by molar-refractivity contribution is -0.117. The molecule has 138 valence electrons. The topological polar surface area (TPSA) is 58.6 Å². The van der Waals surface area contributed by atoms with Gasteiger partial charge in [-0.3, -0.25) is 4.79 Å². The summed E-state index contributed by atoms with van der Waals surface area (Å²) in [6, 6.07) is 18.3. The van der Waals surface area contributed by atoms with Crippen molar-refractivity contribution >= 4 is 34.4 Å². The van der Waals surface area contributed by atoms with Gasteiger partial charge < -0.3 is 15.2 Å². The lowest BCUT2D eigenvalue weighted by atomic mass is 10.0. The van der Waals surface area contributed by atoms with E-state index in [4.69, 9.17) is 16.3 Å². The van der Waals surface area contributed by atoms with Gasteiger partial charge in [-0.1, -0.05) is 41.9 Å². The number of ether oxygens (including phenoxy) is 1. The molecule has 0 heterocycles. The number of benzene rings is 3. The van der Waals surface area contributed by atoms with Crippen LogP contribution in [0.15, 0.2) is 66.7 Å². The summed E-state index contributed by atoms with van der Waals surface area (Å²) >= 11 is 5.94. The largest absolute Gasteiger partial charge is 0.497 e. The fraction of sp³-hybridized carbons (Fsp3) is 0.136. The molecule has 0 bridgehead atoms. The van der Waals surface area contributed by atoms with Crippen molar-refractivity contribution in [3.63, 3.8) is 0 Å². The van der Waals surface area contributed by atoms with Crippen LogP contribution in [0.4, 0.5) is 0 Å². The first-order chi connectivity index (χ1) is 13.1. The van der Waals surface area contributed by atoms with Crippen molar-refractivity contribution in [2.24, 2.45) is 0 Å². The van der Waals surface area contributed by atoms with Crippen LogP contribution >= 0.6 is 11.6 Å². The van der Waals surface area contributed by atoms with E-state index in [9.17, 15) is 9.90 Å². The van der Waals surface area contributed by atoms with Crippen molar-refractivity contribution in [2.75, 3.05) is 13.7 Å². The standard InChI is InChI=1S/C22H20ClNO3/c1-27-20-9-8-16-6-7-17(12-18(16)13-20)21(14-25)24-22(26)10-5-15-3-2-4-19(23)11-15/h2-13,21,25H,14H2,1H3,(H,24,26)/b10-5+/t21-/m0/s1. The number of hydrogen-bond donors (Lipinski definition) is 2. The predicted molar refractivity (Wildman–Crippen MR) is 109 cm³/mol. The molecule has 1 atom stereocenters. The minimum absolute atomic E-state index is 0.202. The molecular formula is C22H20ClNO3. The van der Waals surface area contributed by atoms with Gasteiger partial charge in [0.25, 0.3) is 0 Å². The summed E-state index contributed by atoms with van der Waals surface area (Å²) in [6.45, 7) is -0.202. The van der Waals surface area contributed by atoms with Crippen molar-refractivity contribution < 1.29 is 14.6 Å². The molecule has 0 spiro atoms. The lowest BCUT2D eigenvalue weighted by Gasteiger charge is -2.16. The first kappa shape index (κ1) is 19.0. The van der Waals surface area contributed by atoms with Gasteiger partial charge in [-0.05, 0) is 58.3 Å². The molecule has 0 fully saturated rings. The molecular weight excluding hydrogens is 362 g/mol. The van der Waals surface area contributed by atoms with Gasteiger partial charge in [-0.15, -0.1) is 0 Å². The van der Waals surface area contributed by atoms with Gasteiger partial charge in [0.2, 0.25) is 5.91 Å². The highest BCUT2D eigenvalue weighted by Crippen LogP contribution is 2.24. The van der Waals surface area contributed by atoms with E-state index < -0.39 is 6.04 Å². The number of fused-ring (bicyclic) bond motifs is 1. The van der Waals surface area contributed by atoms with E-state index >= 15 is 0 Å². The van der Waals surface area contributed by atoms with Crippen molar-refractivity contribution in [1.29, 1.82) is 0 Å². The zero-order valence-electron chi connectivity index (χ0n) is 14.9. The summed E-state index contributed by atoms with van der Waals surface area (Å²) in [7, 11) is 1.62. The lowest BCUT2D eigenvalue weighted by Crippen LogP contribution is -2.29. The molecule has 0 saturated heterocycles. The van der Waals surface area contributed by atoms with Crippen LogP contribution in [0.1, 0.15) is 17.2 Å². The second kappa shape index (κ2) is 8.71. The number of nitrogens with one attached hydrogen (secondary N) is 1. The van der Waals surface area contributed by atoms with Gasteiger partial charge in [0, 0.05) is 11.1 Å². The SMILES string of the molecule is COc1ccc2ccc([C@H](CO)NC(=O)/C=C/c3cccc(Cl)c3)cc2c1. The Morgan fingerprint density at radius 1 is 1.15 bits per heavy atom. The van der Waals surface area contributed by atoms with Crippen molar-refractivity contribution in [3.05, 3.63) is 82.9 Å². The van der Waals surface area contributed by atoms with Gasteiger partial charge in [0.1, 0.15) is 5.75 Å². The predicted octanol–water partition coefficient (Wildman–Crippen LogP) is 4.36. The van der Waals surface area contributed by atoms with E-state index in [1.165, 1.54) is 6.08 Å². The molecule has 0 aromatic heterocycles. The summed E-state index contributed by atoms with van der Waals surface area (Å²) in [4.78, 5) is 12.2. The maximum atomic E-state index is 12.2. The number of methoxy groups -OCH3 is 1. The van der Waals surface area contributed by atoms with Crippen LogP contribution in [0, 0.1) is 0 Å². The number of aliphatic hydroxyl groups excluding tert-OH is 1. The van der Waals surface area contributed by atoms with Crippen LogP contribution in [0.3, 0.4) is 0 Å². The van der Waals surface area contributed by atoms with E-state index in [0.717, 1.165) is 27.6 Å². The van der Waals surface area contributed by atoms with Gasteiger partial charge in [0.15, 0.2) is 0 Å². The average Bonchev–Trinajstić information content (AvgIpc) is 2.69. The average molecular weight is 382 g/mol. The Labute approximate surface area is 163 Å². The van der Waals surface area contributed by atoms with E-state index in [-0.39, 0.29) is 12.5 Å². The fourth-order valence-electron chi connectivity index (χ4n) is 2.82. The Balaban J connectivity index is 1.76. The van der Waals surface area contributed by atoms with Crippen molar-refractivity contribution in [3.8, 4) is 5.75 Å². The highest BCUT2D eigenvalue weighted by atomic mass is 35.5. The Bertz CT molecular complexity index is 984. The maximum Gasteiger partial charge on any atom is 0.244 e. The molecule has 0 aliphatic rings. The molecule has 0 aliphatic carbocycles. The molecule has 3 rings (SSSR count).